The number of oxazole rings is 1. The summed E-state index contributed by atoms with van der Waals surface area (Å²) in [5.41, 5.74) is 0.0793. The Bertz CT molecular complexity index is 653. The van der Waals surface area contributed by atoms with E-state index in [2.05, 4.69) is 9.97 Å². The molecule has 0 unspecified atom stereocenters. The average molecular weight is 292 g/mol. The summed E-state index contributed by atoms with van der Waals surface area (Å²) >= 11 is 6.01. The fraction of sp³-hybridized carbons (Fsp3) is 0.357. The van der Waals surface area contributed by atoms with Gasteiger partial charge in [-0.1, -0.05) is 11.6 Å². The SMILES string of the molecule is CC(C)(O)CCc1ncc(-c2ccc(C#N)nc2Cl)o1. The van der Waals surface area contributed by atoms with Crippen LogP contribution in [0.4, 0.5) is 0 Å². The third kappa shape index (κ3) is 3.56. The van der Waals surface area contributed by atoms with Crippen LogP contribution in [0.1, 0.15) is 31.9 Å². The largest absolute Gasteiger partial charge is 0.441 e. The lowest BCUT2D eigenvalue weighted by molar-refractivity contribution is 0.0695. The fourth-order valence-corrected chi connectivity index (χ4v) is 1.89. The number of hydrogen-bond donors (Lipinski definition) is 1. The van der Waals surface area contributed by atoms with Crippen molar-refractivity contribution in [3.8, 4) is 17.4 Å². The Balaban J connectivity index is 2.19. The lowest BCUT2D eigenvalue weighted by atomic mass is 10.0. The Kier molecular flexibility index (Phi) is 4.07. The minimum Gasteiger partial charge on any atom is -0.441 e. The number of hydrogen-bond acceptors (Lipinski definition) is 5. The van der Waals surface area contributed by atoms with Crippen LogP contribution in [0.5, 0.6) is 0 Å². The average Bonchev–Trinajstić information content (AvgIpc) is 2.84. The van der Waals surface area contributed by atoms with Gasteiger partial charge in [-0.15, -0.1) is 0 Å². The molecule has 2 aromatic rings. The quantitative estimate of drug-likeness (QED) is 0.876. The molecular formula is C14H14ClN3O2. The van der Waals surface area contributed by atoms with Crippen molar-refractivity contribution in [2.24, 2.45) is 0 Å². The van der Waals surface area contributed by atoms with Gasteiger partial charge in [-0.3, -0.25) is 0 Å². The Morgan fingerprint density at radius 3 is 2.80 bits per heavy atom. The van der Waals surface area contributed by atoms with E-state index in [4.69, 9.17) is 21.3 Å². The van der Waals surface area contributed by atoms with Crippen molar-refractivity contribution in [1.29, 1.82) is 5.26 Å². The standard InChI is InChI=1S/C14H14ClN3O2/c1-14(2,19)6-5-12-17-8-11(20-12)10-4-3-9(7-16)18-13(10)15/h3-4,8,19H,5-6H2,1-2H3. The maximum absolute atomic E-state index is 9.67. The van der Waals surface area contributed by atoms with Gasteiger partial charge in [0.1, 0.15) is 16.9 Å². The number of aryl methyl sites for hydroxylation is 1. The van der Waals surface area contributed by atoms with Crippen LogP contribution in [0.2, 0.25) is 5.15 Å². The molecule has 0 aliphatic rings. The number of nitrogens with zero attached hydrogens (tertiary/aromatic N) is 3. The van der Waals surface area contributed by atoms with Gasteiger partial charge in [-0.2, -0.15) is 5.26 Å². The number of aliphatic hydroxyl groups is 1. The highest BCUT2D eigenvalue weighted by Crippen LogP contribution is 2.27. The molecule has 0 amide bonds. The first-order valence-electron chi connectivity index (χ1n) is 6.13. The third-order valence-corrected chi connectivity index (χ3v) is 3.02. The maximum Gasteiger partial charge on any atom is 0.194 e. The topological polar surface area (TPSA) is 82.9 Å². The van der Waals surface area contributed by atoms with Gasteiger partial charge in [0.2, 0.25) is 0 Å². The Hall–Kier alpha value is -1.90. The molecule has 20 heavy (non-hydrogen) atoms. The molecule has 0 saturated carbocycles. The molecule has 0 atom stereocenters. The summed E-state index contributed by atoms with van der Waals surface area (Å²) in [7, 11) is 0. The highest BCUT2D eigenvalue weighted by Gasteiger charge is 2.16. The third-order valence-electron chi connectivity index (χ3n) is 2.73. The minimum absolute atomic E-state index is 0.203. The summed E-state index contributed by atoms with van der Waals surface area (Å²) < 4.78 is 5.59. The van der Waals surface area contributed by atoms with E-state index >= 15 is 0 Å². The van der Waals surface area contributed by atoms with Crippen LogP contribution in [0.3, 0.4) is 0 Å². The molecule has 0 radical (unpaired) electrons. The summed E-state index contributed by atoms with van der Waals surface area (Å²) in [4.78, 5) is 8.09. The molecule has 2 rings (SSSR count). The second-order valence-electron chi connectivity index (χ2n) is 5.08. The first-order valence-corrected chi connectivity index (χ1v) is 6.51. The van der Waals surface area contributed by atoms with Gasteiger partial charge in [0.15, 0.2) is 11.7 Å². The predicted octanol–water partition coefficient (Wildman–Crippen LogP) is 2.97. The van der Waals surface area contributed by atoms with Crippen LogP contribution in [0.25, 0.3) is 11.3 Å². The van der Waals surface area contributed by atoms with E-state index in [1.165, 1.54) is 0 Å². The van der Waals surface area contributed by atoms with Gasteiger partial charge in [-0.25, -0.2) is 9.97 Å². The molecule has 0 bridgehead atoms. The van der Waals surface area contributed by atoms with E-state index in [0.29, 0.717) is 30.1 Å². The van der Waals surface area contributed by atoms with Crippen LogP contribution < -0.4 is 0 Å². The van der Waals surface area contributed by atoms with Gasteiger partial charge in [-0.05, 0) is 32.4 Å². The van der Waals surface area contributed by atoms with Crippen LogP contribution in [0, 0.1) is 11.3 Å². The number of nitriles is 1. The smallest absolute Gasteiger partial charge is 0.194 e. The zero-order valence-electron chi connectivity index (χ0n) is 11.2. The predicted molar refractivity (Wildman–Crippen MR) is 74.1 cm³/mol. The van der Waals surface area contributed by atoms with Crippen LogP contribution in [-0.2, 0) is 6.42 Å². The van der Waals surface area contributed by atoms with Crippen molar-refractivity contribution in [3.63, 3.8) is 0 Å². The zero-order chi connectivity index (χ0) is 14.8. The van der Waals surface area contributed by atoms with Crippen molar-refractivity contribution in [2.75, 3.05) is 0 Å². The molecule has 0 fully saturated rings. The first-order chi connectivity index (χ1) is 9.39. The van der Waals surface area contributed by atoms with Gasteiger partial charge < -0.3 is 9.52 Å². The molecule has 0 aliphatic heterocycles. The second kappa shape index (κ2) is 5.61. The molecule has 1 N–H and O–H groups in total. The Labute approximate surface area is 121 Å². The number of pyridine rings is 1. The Morgan fingerprint density at radius 2 is 2.20 bits per heavy atom. The molecule has 0 saturated heterocycles. The molecule has 0 aliphatic carbocycles. The number of halogens is 1. The highest BCUT2D eigenvalue weighted by molar-refractivity contribution is 6.32. The van der Waals surface area contributed by atoms with Crippen LogP contribution in [-0.4, -0.2) is 20.7 Å². The number of aromatic nitrogens is 2. The summed E-state index contributed by atoms with van der Waals surface area (Å²) in [5, 5.41) is 18.6. The second-order valence-corrected chi connectivity index (χ2v) is 5.44. The summed E-state index contributed by atoms with van der Waals surface area (Å²) in [6, 6.07) is 5.16. The van der Waals surface area contributed by atoms with Crippen LogP contribution >= 0.6 is 11.6 Å². The van der Waals surface area contributed by atoms with E-state index < -0.39 is 5.60 Å². The van der Waals surface area contributed by atoms with Crippen molar-refractivity contribution in [3.05, 3.63) is 35.1 Å². The molecule has 6 heteroatoms. The maximum atomic E-state index is 9.67. The molecule has 2 heterocycles. The molecule has 2 aromatic heterocycles. The molecule has 0 spiro atoms. The molecular weight excluding hydrogens is 278 g/mol. The van der Waals surface area contributed by atoms with E-state index in [-0.39, 0.29) is 10.8 Å². The van der Waals surface area contributed by atoms with E-state index in [9.17, 15) is 5.11 Å². The lowest BCUT2D eigenvalue weighted by Crippen LogP contribution is -2.19. The number of rotatable bonds is 4. The first kappa shape index (κ1) is 14.5. The van der Waals surface area contributed by atoms with Crippen molar-refractivity contribution < 1.29 is 9.52 Å². The molecule has 104 valence electrons. The van der Waals surface area contributed by atoms with E-state index in [0.717, 1.165) is 0 Å². The normalized spacial score (nSPS) is 11.3. The summed E-state index contributed by atoms with van der Waals surface area (Å²) in [6.07, 6.45) is 2.64. The van der Waals surface area contributed by atoms with Gasteiger partial charge in [0.05, 0.1) is 17.4 Å². The fourth-order valence-electron chi connectivity index (χ4n) is 1.64. The van der Waals surface area contributed by atoms with Crippen molar-refractivity contribution in [2.45, 2.75) is 32.3 Å². The minimum atomic E-state index is -0.762. The highest BCUT2D eigenvalue weighted by atomic mass is 35.5. The molecule has 5 nitrogen and oxygen atoms in total. The van der Waals surface area contributed by atoms with E-state index in [1.807, 2.05) is 6.07 Å². The zero-order valence-corrected chi connectivity index (χ0v) is 12.0. The van der Waals surface area contributed by atoms with E-state index in [1.54, 1.807) is 32.2 Å². The monoisotopic (exact) mass is 291 g/mol. The van der Waals surface area contributed by atoms with Crippen LogP contribution in [0.15, 0.2) is 22.7 Å². The summed E-state index contributed by atoms with van der Waals surface area (Å²) in [5.74, 6) is 1.03. The lowest BCUT2D eigenvalue weighted by Gasteiger charge is -2.14. The Morgan fingerprint density at radius 1 is 1.45 bits per heavy atom. The van der Waals surface area contributed by atoms with Crippen molar-refractivity contribution in [1.82, 2.24) is 9.97 Å². The van der Waals surface area contributed by atoms with Gasteiger partial charge in [0, 0.05) is 6.42 Å². The molecule has 0 aromatic carbocycles. The van der Waals surface area contributed by atoms with Crippen molar-refractivity contribution >= 4 is 11.6 Å². The summed E-state index contributed by atoms with van der Waals surface area (Å²) in [6.45, 7) is 3.47. The van der Waals surface area contributed by atoms with Gasteiger partial charge in [0.25, 0.3) is 0 Å². The van der Waals surface area contributed by atoms with Gasteiger partial charge >= 0.3 is 0 Å².